The molecular weight excluding hydrogens is 428 g/mol. The number of halogens is 1. The number of aromatic amines is 1. The molecule has 0 radical (unpaired) electrons. The number of esters is 1. The molecule has 0 saturated carbocycles. The Morgan fingerprint density at radius 3 is 2.41 bits per heavy atom. The van der Waals surface area contributed by atoms with E-state index < -0.39 is 6.10 Å². The lowest BCUT2D eigenvalue weighted by molar-refractivity contribution is -0.152. The quantitative estimate of drug-likeness (QED) is 0.445. The Labute approximate surface area is 191 Å². The number of benzene rings is 2. The molecule has 2 heterocycles. The summed E-state index contributed by atoms with van der Waals surface area (Å²) in [5.74, 6) is -1.01. The Kier molecular flexibility index (Phi) is 6.33. The molecule has 0 spiro atoms. The third-order valence-electron chi connectivity index (χ3n) is 6.01. The number of hydrogen-bond donors (Lipinski definition) is 1. The molecule has 1 N–H and O–H groups in total. The lowest BCUT2D eigenvalue weighted by Crippen LogP contribution is -2.41. The van der Waals surface area contributed by atoms with Crippen LogP contribution in [0.3, 0.4) is 0 Å². The van der Waals surface area contributed by atoms with Gasteiger partial charge in [-0.2, -0.15) is 0 Å². The first-order valence-corrected chi connectivity index (χ1v) is 11.1. The van der Waals surface area contributed by atoms with E-state index in [1.807, 2.05) is 31.2 Å². The number of hydrogen-bond acceptors (Lipinski definition) is 4. The number of aromatic nitrogens is 1. The summed E-state index contributed by atoms with van der Waals surface area (Å²) in [6, 6.07) is 14.3. The monoisotopic (exact) mass is 452 g/mol. The summed E-state index contributed by atoms with van der Waals surface area (Å²) >= 11 is 5.89. The largest absolute Gasteiger partial charge is 0.454 e. The van der Waals surface area contributed by atoms with Crippen molar-refractivity contribution in [1.82, 2.24) is 9.88 Å². The van der Waals surface area contributed by atoms with Gasteiger partial charge in [-0.1, -0.05) is 29.8 Å². The summed E-state index contributed by atoms with van der Waals surface area (Å²) in [6.07, 6.45) is 0.130. The second kappa shape index (κ2) is 9.17. The molecule has 0 aliphatic carbocycles. The SMILES string of the molecule is Cc1[nH]c2ccccc2c1C(=O)C(C)OC(=O)C1CCN(C(=O)c2ccc(Cl)cc2)CC1. The summed E-state index contributed by atoms with van der Waals surface area (Å²) in [5, 5.41) is 1.40. The third-order valence-corrected chi connectivity index (χ3v) is 6.26. The Morgan fingerprint density at radius 2 is 1.72 bits per heavy atom. The first kappa shape index (κ1) is 22.1. The minimum Gasteiger partial charge on any atom is -0.454 e. The van der Waals surface area contributed by atoms with E-state index in [1.54, 1.807) is 36.1 Å². The van der Waals surface area contributed by atoms with E-state index in [1.165, 1.54) is 0 Å². The van der Waals surface area contributed by atoms with Crippen LogP contribution < -0.4 is 0 Å². The Balaban J connectivity index is 1.35. The van der Waals surface area contributed by atoms with Crippen LogP contribution in [0.5, 0.6) is 0 Å². The number of carbonyl (C=O) groups is 3. The third kappa shape index (κ3) is 4.41. The highest BCUT2D eigenvalue weighted by Crippen LogP contribution is 2.25. The summed E-state index contributed by atoms with van der Waals surface area (Å²) in [6.45, 7) is 4.38. The Bertz CT molecular complexity index is 1160. The van der Waals surface area contributed by atoms with Crippen molar-refractivity contribution in [3.8, 4) is 0 Å². The van der Waals surface area contributed by atoms with Crippen molar-refractivity contribution in [2.75, 3.05) is 13.1 Å². The lowest BCUT2D eigenvalue weighted by atomic mass is 9.96. The van der Waals surface area contributed by atoms with E-state index in [9.17, 15) is 14.4 Å². The summed E-state index contributed by atoms with van der Waals surface area (Å²) in [4.78, 5) is 43.3. The number of rotatable bonds is 5. The van der Waals surface area contributed by atoms with Crippen molar-refractivity contribution < 1.29 is 19.1 Å². The molecule has 1 amide bonds. The van der Waals surface area contributed by atoms with Gasteiger partial charge < -0.3 is 14.6 Å². The molecule has 166 valence electrons. The molecule has 1 atom stereocenters. The number of piperidine rings is 1. The minimum atomic E-state index is -0.880. The molecule has 1 saturated heterocycles. The smallest absolute Gasteiger partial charge is 0.309 e. The number of carbonyl (C=O) groups excluding carboxylic acids is 3. The van der Waals surface area contributed by atoms with E-state index >= 15 is 0 Å². The predicted molar refractivity (Wildman–Crippen MR) is 123 cm³/mol. The van der Waals surface area contributed by atoms with E-state index in [0.717, 1.165) is 16.6 Å². The molecule has 2 aromatic carbocycles. The maximum atomic E-state index is 13.0. The number of nitrogens with one attached hydrogen (secondary N) is 1. The van der Waals surface area contributed by atoms with E-state index in [-0.39, 0.29) is 23.6 Å². The topological polar surface area (TPSA) is 79.5 Å². The second-order valence-electron chi connectivity index (χ2n) is 8.19. The van der Waals surface area contributed by atoms with Crippen LogP contribution in [0.4, 0.5) is 0 Å². The van der Waals surface area contributed by atoms with Gasteiger partial charge in [-0.3, -0.25) is 14.4 Å². The zero-order valence-electron chi connectivity index (χ0n) is 18.1. The van der Waals surface area contributed by atoms with Gasteiger partial charge in [-0.15, -0.1) is 0 Å². The van der Waals surface area contributed by atoms with Crippen LogP contribution in [-0.4, -0.2) is 46.7 Å². The van der Waals surface area contributed by atoms with E-state index in [2.05, 4.69) is 4.98 Å². The molecule has 4 rings (SSSR count). The van der Waals surface area contributed by atoms with Crippen molar-refractivity contribution in [3.63, 3.8) is 0 Å². The number of likely N-dealkylation sites (tertiary alicyclic amines) is 1. The molecule has 0 bridgehead atoms. The summed E-state index contributed by atoms with van der Waals surface area (Å²) in [7, 11) is 0. The fraction of sp³-hybridized carbons (Fsp3) is 0.320. The molecule has 6 nitrogen and oxygen atoms in total. The molecule has 32 heavy (non-hydrogen) atoms. The fourth-order valence-electron chi connectivity index (χ4n) is 4.21. The number of Topliss-reactive ketones (excluding diaryl/α,β-unsaturated/α-hetero) is 1. The molecule has 1 fully saturated rings. The number of amides is 1. The number of nitrogens with zero attached hydrogens (tertiary/aromatic N) is 1. The highest BCUT2D eigenvalue weighted by atomic mass is 35.5. The Hall–Kier alpha value is -3.12. The minimum absolute atomic E-state index is 0.0770. The average molecular weight is 453 g/mol. The van der Waals surface area contributed by atoms with Gasteiger partial charge in [-0.25, -0.2) is 0 Å². The Morgan fingerprint density at radius 1 is 1.06 bits per heavy atom. The summed E-state index contributed by atoms with van der Waals surface area (Å²) < 4.78 is 5.55. The van der Waals surface area contributed by atoms with Crippen LogP contribution in [0.2, 0.25) is 5.02 Å². The van der Waals surface area contributed by atoms with Gasteiger partial charge in [0.25, 0.3) is 5.91 Å². The number of ketones is 1. The van der Waals surface area contributed by atoms with Gasteiger partial charge in [0.15, 0.2) is 6.10 Å². The van der Waals surface area contributed by atoms with Gasteiger partial charge in [0, 0.05) is 45.8 Å². The molecule has 1 aromatic heterocycles. The van der Waals surface area contributed by atoms with Gasteiger partial charge in [-0.05, 0) is 57.0 Å². The number of para-hydroxylation sites is 1. The van der Waals surface area contributed by atoms with E-state index in [4.69, 9.17) is 16.3 Å². The first-order valence-electron chi connectivity index (χ1n) is 10.7. The molecule has 3 aromatic rings. The molecular formula is C25H25ClN2O4. The standard InChI is InChI=1S/C25H25ClN2O4/c1-15-22(20-5-3-4-6-21(20)27-15)23(29)16(2)32-25(31)18-11-13-28(14-12-18)24(30)17-7-9-19(26)10-8-17/h3-10,16,18,27H,11-14H2,1-2H3. The molecule has 1 aliphatic heterocycles. The molecule has 7 heteroatoms. The van der Waals surface area contributed by atoms with Crippen molar-refractivity contribution in [3.05, 3.63) is 70.4 Å². The maximum absolute atomic E-state index is 13.0. The predicted octanol–water partition coefficient (Wildman–Crippen LogP) is 4.80. The zero-order valence-corrected chi connectivity index (χ0v) is 18.8. The van der Waals surface area contributed by atoms with Crippen LogP contribution in [0.25, 0.3) is 10.9 Å². The summed E-state index contributed by atoms with van der Waals surface area (Å²) in [5.41, 5.74) is 2.77. The highest BCUT2D eigenvalue weighted by molar-refractivity contribution is 6.30. The van der Waals surface area contributed by atoms with Gasteiger partial charge in [0.05, 0.1) is 5.92 Å². The van der Waals surface area contributed by atoms with Crippen LogP contribution in [0.15, 0.2) is 48.5 Å². The number of ether oxygens (including phenoxy) is 1. The van der Waals surface area contributed by atoms with Crippen molar-refractivity contribution in [2.24, 2.45) is 5.92 Å². The van der Waals surface area contributed by atoms with Crippen molar-refractivity contribution >= 4 is 40.2 Å². The van der Waals surface area contributed by atoms with Crippen LogP contribution in [-0.2, 0) is 9.53 Å². The normalized spacial score (nSPS) is 15.5. The van der Waals surface area contributed by atoms with Crippen molar-refractivity contribution in [1.29, 1.82) is 0 Å². The maximum Gasteiger partial charge on any atom is 0.309 e. The zero-order chi connectivity index (χ0) is 22.8. The molecule has 1 unspecified atom stereocenters. The lowest BCUT2D eigenvalue weighted by Gasteiger charge is -2.31. The number of aryl methyl sites for hydroxylation is 1. The first-order chi connectivity index (χ1) is 15.3. The van der Waals surface area contributed by atoms with Crippen LogP contribution in [0, 0.1) is 12.8 Å². The number of fused-ring (bicyclic) bond motifs is 1. The number of H-pyrrole nitrogens is 1. The van der Waals surface area contributed by atoms with Crippen molar-refractivity contribution in [2.45, 2.75) is 32.8 Å². The van der Waals surface area contributed by atoms with Crippen LogP contribution in [0.1, 0.15) is 46.2 Å². The average Bonchev–Trinajstić information content (AvgIpc) is 3.14. The van der Waals surface area contributed by atoms with Crippen LogP contribution >= 0.6 is 11.6 Å². The van der Waals surface area contributed by atoms with Gasteiger partial charge in [0.1, 0.15) is 0 Å². The van der Waals surface area contributed by atoms with E-state index in [0.29, 0.717) is 42.1 Å². The fourth-order valence-corrected chi connectivity index (χ4v) is 4.34. The highest BCUT2D eigenvalue weighted by Gasteiger charge is 2.31. The molecule has 1 aliphatic rings. The van der Waals surface area contributed by atoms with Gasteiger partial charge in [0.2, 0.25) is 5.78 Å². The second-order valence-corrected chi connectivity index (χ2v) is 8.62. The van der Waals surface area contributed by atoms with Gasteiger partial charge >= 0.3 is 5.97 Å².